The van der Waals surface area contributed by atoms with Crippen molar-refractivity contribution in [2.75, 3.05) is 13.2 Å². The minimum Gasteiger partial charge on any atom is -0.493 e. The third-order valence-electron chi connectivity index (χ3n) is 8.70. The van der Waals surface area contributed by atoms with Crippen LogP contribution >= 0.6 is 0 Å². The fourth-order valence-corrected chi connectivity index (χ4v) is 6.02. The zero-order valence-corrected chi connectivity index (χ0v) is 29.5. The highest BCUT2D eigenvalue weighted by atomic mass is 16.5. The van der Waals surface area contributed by atoms with Gasteiger partial charge in [0.05, 0.1) is 24.3 Å². The van der Waals surface area contributed by atoms with Crippen LogP contribution in [0.5, 0.6) is 11.5 Å². The molecule has 0 unspecified atom stereocenters. The Morgan fingerprint density at radius 1 is 0.520 bits per heavy atom. The molecule has 50 heavy (non-hydrogen) atoms. The Hall–Kier alpha value is -5.33. The number of carbonyl (C=O) groups is 1. The lowest BCUT2D eigenvalue weighted by Gasteiger charge is -2.18. The molecule has 0 atom stereocenters. The second-order valence-corrected chi connectivity index (χ2v) is 12.5. The van der Waals surface area contributed by atoms with Crippen molar-refractivity contribution in [2.45, 2.75) is 65.2 Å². The van der Waals surface area contributed by atoms with Gasteiger partial charge >= 0.3 is 0 Å². The highest BCUT2D eigenvalue weighted by molar-refractivity contribution is 6.04. The van der Waals surface area contributed by atoms with Crippen LogP contribution in [-0.2, 0) is 0 Å². The van der Waals surface area contributed by atoms with Crippen LogP contribution in [0.4, 0.5) is 0 Å². The van der Waals surface area contributed by atoms with Crippen LogP contribution in [-0.4, -0.2) is 19.5 Å². The van der Waals surface area contributed by atoms with E-state index in [-0.39, 0.29) is 0 Å². The zero-order chi connectivity index (χ0) is 34.8. The van der Waals surface area contributed by atoms with E-state index in [1.807, 2.05) is 6.07 Å². The molecule has 254 valence electrons. The molecule has 0 saturated carbocycles. The van der Waals surface area contributed by atoms with Crippen LogP contribution in [0.1, 0.15) is 109 Å². The number of unbranched alkanes of at least 4 members (excludes halogenated alkanes) is 6. The van der Waals surface area contributed by atoms with Crippen molar-refractivity contribution >= 4 is 17.4 Å². The van der Waals surface area contributed by atoms with Crippen molar-refractivity contribution in [1.29, 1.82) is 0 Å². The lowest BCUT2D eigenvalue weighted by molar-refractivity contribution is 0.111. The smallest absolute Gasteiger partial charge is 0.153 e. The summed E-state index contributed by atoms with van der Waals surface area (Å²) in [4.78, 5) is 12.1. The van der Waals surface area contributed by atoms with E-state index in [0.29, 0.717) is 30.3 Å². The zero-order valence-electron chi connectivity index (χ0n) is 29.5. The van der Waals surface area contributed by atoms with E-state index < -0.39 is 0 Å². The highest BCUT2D eigenvalue weighted by Gasteiger charge is 2.16. The van der Waals surface area contributed by atoms with Crippen molar-refractivity contribution in [2.24, 2.45) is 0 Å². The van der Waals surface area contributed by atoms with Crippen LogP contribution in [0.3, 0.4) is 0 Å². The number of rotatable bonds is 17. The third kappa shape index (κ3) is 10.1. The van der Waals surface area contributed by atoms with Gasteiger partial charge < -0.3 is 9.47 Å². The lowest BCUT2D eigenvalue weighted by Crippen LogP contribution is -2.04. The molecule has 0 bridgehead atoms. The quantitative estimate of drug-likeness (QED) is 0.0431. The normalized spacial score (nSPS) is 10.5. The Labute approximate surface area is 299 Å². The summed E-state index contributed by atoms with van der Waals surface area (Å²) in [5.74, 6) is 7.90. The standard InChI is InChI=1S/C47H48O3/c1-3-5-7-18-32-49-44-35-43(36-48)45(50-33-19-8-6-4-2)34-42(44)31-28-37-26-29-41(30-27-37)47(40-24-16-11-17-25-40)46(38-20-12-9-13-21-38)39-22-14-10-15-23-39/h9-17,20-27,29-30,34-36H,3-8,18-19,32-33H2,1-2H3. The molecule has 0 spiro atoms. The molecule has 0 amide bonds. The van der Waals surface area contributed by atoms with Gasteiger partial charge in [-0.15, -0.1) is 0 Å². The highest BCUT2D eigenvalue weighted by Crippen LogP contribution is 2.37. The van der Waals surface area contributed by atoms with Crippen LogP contribution < -0.4 is 9.47 Å². The van der Waals surface area contributed by atoms with Gasteiger partial charge in [0, 0.05) is 11.6 Å². The lowest BCUT2D eigenvalue weighted by atomic mass is 9.85. The molecule has 0 fully saturated rings. The molecule has 0 aliphatic rings. The molecule has 5 aromatic carbocycles. The number of carbonyl (C=O) groups excluding carboxylic acids is 1. The fraction of sp³-hybridized carbons (Fsp3) is 0.255. The average molecular weight is 661 g/mol. The minimum atomic E-state index is 0.492. The van der Waals surface area contributed by atoms with Crippen LogP contribution in [0, 0.1) is 11.8 Å². The van der Waals surface area contributed by atoms with E-state index in [2.05, 4.69) is 141 Å². The first-order chi connectivity index (χ1) is 24.7. The molecule has 0 heterocycles. The first-order valence-corrected chi connectivity index (χ1v) is 18.1. The molecule has 5 rings (SSSR count). The molecule has 3 heteroatoms. The summed E-state index contributed by atoms with van der Waals surface area (Å²) in [6, 6.07) is 43.9. The first kappa shape index (κ1) is 36.0. The maximum atomic E-state index is 12.1. The molecule has 0 aromatic heterocycles. The van der Waals surface area contributed by atoms with Crippen molar-refractivity contribution < 1.29 is 14.3 Å². The van der Waals surface area contributed by atoms with Gasteiger partial charge in [-0.1, -0.05) is 167 Å². The Bertz CT molecular complexity index is 1820. The summed E-state index contributed by atoms with van der Waals surface area (Å²) in [7, 11) is 0. The van der Waals surface area contributed by atoms with E-state index in [9.17, 15) is 4.79 Å². The van der Waals surface area contributed by atoms with Gasteiger partial charge in [-0.2, -0.15) is 0 Å². The predicted molar refractivity (Wildman–Crippen MR) is 208 cm³/mol. The largest absolute Gasteiger partial charge is 0.493 e. The van der Waals surface area contributed by atoms with Crippen LogP contribution in [0.25, 0.3) is 11.1 Å². The predicted octanol–water partition coefficient (Wildman–Crippen LogP) is 11.8. The summed E-state index contributed by atoms with van der Waals surface area (Å²) >= 11 is 0. The molecule has 5 aromatic rings. The van der Waals surface area contributed by atoms with Crippen LogP contribution in [0.15, 0.2) is 127 Å². The Kier molecular flexibility index (Phi) is 14.1. The molecule has 0 aliphatic carbocycles. The van der Waals surface area contributed by atoms with E-state index in [1.165, 1.54) is 18.4 Å². The third-order valence-corrected chi connectivity index (χ3v) is 8.70. The Morgan fingerprint density at radius 2 is 0.980 bits per heavy atom. The molecule has 0 radical (unpaired) electrons. The topological polar surface area (TPSA) is 35.5 Å². The molecule has 3 nitrogen and oxygen atoms in total. The van der Waals surface area contributed by atoms with Crippen molar-refractivity contribution in [3.8, 4) is 23.3 Å². The minimum absolute atomic E-state index is 0.492. The average Bonchev–Trinajstić information content (AvgIpc) is 3.17. The summed E-state index contributed by atoms with van der Waals surface area (Å²) in [6.07, 6.45) is 9.64. The van der Waals surface area contributed by atoms with E-state index in [0.717, 1.165) is 83.8 Å². The summed E-state index contributed by atoms with van der Waals surface area (Å²) in [5, 5.41) is 0. The van der Waals surface area contributed by atoms with E-state index in [1.54, 1.807) is 6.07 Å². The summed E-state index contributed by atoms with van der Waals surface area (Å²) in [6.45, 7) is 5.54. The van der Waals surface area contributed by atoms with E-state index >= 15 is 0 Å². The van der Waals surface area contributed by atoms with Gasteiger partial charge in [0.15, 0.2) is 6.29 Å². The maximum Gasteiger partial charge on any atom is 0.153 e. The number of aldehydes is 1. The van der Waals surface area contributed by atoms with Crippen molar-refractivity contribution in [3.05, 3.63) is 166 Å². The number of benzene rings is 5. The number of hydrogen-bond acceptors (Lipinski definition) is 3. The number of ether oxygens (including phenoxy) is 2. The first-order valence-electron chi connectivity index (χ1n) is 18.1. The summed E-state index contributed by atoms with van der Waals surface area (Å²) in [5.41, 5.74) is 9.00. The monoisotopic (exact) mass is 660 g/mol. The van der Waals surface area contributed by atoms with Gasteiger partial charge in [0.2, 0.25) is 0 Å². The van der Waals surface area contributed by atoms with Gasteiger partial charge in [-0.3, -0.25) is 4.79 Å². The molecule has 0 saturated heterocycles. The maximum absolute atomic E-state index is 12.1. The molecule has 0 N–H and O–H groups in total. The number of hydrogen-bond donors (Lipinski definition) is 0. The van der Waals surface area contributed by atoms with Crippen molar-refractivity contribution in [1.82, 2.24) is 0 Å². The van der Waals surface area contributed by atoms with Gasteiger partial charge in [0.1, 0.15) is 11.5 Å². The van der Waals surface area contributed by atoms with Gasteiger partial charge in [0.25, 0.3) is 0 Å². The second kappa shape index (κ2) is 19.6. The SMILES string of the molecule is CCCCCCOc1cc(C=O)c(OCCCCCC)cc1C#Cc1ccc(C(=C(c2ccccc2)c2ccccc2)c2ccccc2)cc1. The van der Waals surface area contributed by atoms with E-state index in [4.69, 9.17) is 9.47 Å². The Morgan fingerprint density at radius 3 is 1.44 bits per heavy atom. The second-order valence-electron chi connectivity index (χ2n) is 12.5. The van der Waals surface area contributed by atoms with Gasteiger partial charge in [-0.25, -0.2) is 0 Å². The molecule has 0 aliphatic heterocycles. The Balaban J connectivity index is 1.51. The molecular weight excluding hydrogens is 613 g/mol. The fourth-order valence-electron chi connectivity index (χ4n) is 6.02. The van der Waals surface area contributed by atoms with Crippen LogP contribution in [0.2, 0.25) is 0 Å². The van der Waals surface area contributed by atoms with Crippen molar-refractivity contribution in [3.63, 3.8) is 0 Å². The van der Waals surface area contributed by atoms with Gasteiger partial charge in [-0.05, 0) is 64.4 Å². The summed E-state index contributed by atoms with van der Waals surface area (Å²) < 4.78 is 12.3. The molecular formula is C47H48O3.